The van der Waals surface area contributed by atoms with Gasteiger partial charge in [0, 0.05) is 25.6 Å². The summed E-state index contributed by atoms with van der Waals surface area (Å²) in [6.07, 6.45) is -0.591. The number of nitro groups is 1. The maximum atomic E-state index is 12.5. The van der Waals surface area contributed by atoms with E-state index in [0.29, 0.717) is 58.1 Å². The molecule has 0 fully saturated rings. The predicted octanol–water partition coefficient (Wildman–Crippen LogP) is 3.83. The largest absolute Gasteiger partial charge is 0.457 e. The van der Waals surface area contributed by atoms with Gasteiger partial charge in [-0.1, -0.05) is 25.7 Å². The number of hydrogen-bond donors (Lipinski definition) is 0. The van der Waals surface area contributed by atoms with E-state index in [4.69, 9.17) is 28.8 Å². The molecular formula is C24H39N2O9-. The Labute approximate surface area is 207 Å². The summed E-state index contributed by atoms with van der Waals surface area (Å²) >= 11 is 0. The predicted molar refractivity (Wildman–Crippen MR) is 128 cm³/mol. The van der Waals surface area contributed by atoms with Crippen LogP contribution in [0.2, 0.25) is 0 Å². The lowest BCUT2D eigenvalue weighted by atomic mass is 10.0. The van der Waals surface area contributed by atoms with Gasteiger partial charge < -0.3 is 25.9 Å². The van der Waals surface area contributed by atoms with Gasteiger partial charge in [0.25, 0.3) is 5.69 Å². The lowest BCUT2D eigenvalue weighted by Gasteiger charge is -2.25. The van der Waals surface area contributed by atoms with E-state index < -0.39 is 23.1 Å². The molecule has 1 rings (SSSR count). The van der Waals surface area contributed by atoms with Gasteiger partial charge in [-0.25, -0.2) is 4.89 Å². The number of carbonyl (C=O) groups is 1. The molecule has 1 aromatic rings. The number of hydroxylamine groups is 2. The molecule has 1 aromatic carbocycles. The third-order valence-corrected chi connectivity index (χ3v) is 5.02. The molecule has 0 spiro atoms. The highest BCUT2D eigenvalue weighted by molar-refractivity contribution is 5.70. The van der Waals surface area contributed by atoms with Crippen LogP contribution in [0.25, 0.3) is 0 Å². The molecule has 0 N–H and O–H groups in total. The Morgan fingerprint density at radius 2 is 1.66 bits per heavy atom. The molecule has 0 saturated carbocycles. The summed E-state index contributed by atoms with van der Waals surface area (Å²) in [6.45, 7) is 12.7. The van der Waals surface area contributed by atoms with Gasteiger partial charge in [-0.05, 0) is 26.3 Å². The Morgan fingerprint density at radius 1 is 1.03 bits per heavy atom. The normalized spacial score (nSPS) is 13.1. The summed E-state index contributed by atoms with van der Waals surface area (Å²) in [5.41, 5.74) is 0.176. The minimum atomic E-state index is -0.884. The van der Waals surface area contributed by atoms with E-state index in [-0.39, 0.29) is 25.1 Å². The van der Waals surface area contributed by atoms with Crippen molar-refractivity contribution in [1.29, 1.82) is 0 Å². The van der Waals surface area contributed by atoms with Crippen molar-refractivity contribution >= 4 is 11.7 Å². The Kier molecular flexibility index (Phi) is 16.8. The SMILES string of the molecule is [CH2-]COCCOCCOCCC(=O)OC(CC(CC)OON(CC)CC)c1ccccc1[N+](=O)[O-]. The molecule has 200 valence electrons. The highest BCUT2D eigenvalue weighted by Crippen LogP contribution is 2.32. The van der Waals surface area contributed by atoms with E-state index in [1.807, 2.05) is 20.8 Å². The number of para-hydroxylation sites is 1. The van der Waals surface area contributed by atoms with Gasteiger partial charge in [-0.2, -0.15) is 5.06 Å². The molecule has 11 nitrogen and oxygen atoms in total. The highest BCUT2D eigenvalue weighted by Gasteiger charge is 2.28. The molecule has 0 aliphatic heterocycles. The molecule has 0 aliphatic carbocycles. The van der Waals surface area contributed by atoms with Gasteiger partial charge in [-0.15, -0.1) is 4.99 Å². The second-order valence-corrected chi connectivity index (χ2v) is 7.43. The average Bonchev–Trinajstić information content (AvgIpc) is 2.86. The number of carbonyl (C=O) groups excluding carboxylic acids is 1. The Balaban J connectivity index is 2.70. The maximum Gasteiger partial charge on any atom is 0.308 e. The fourth-order valence-electron chi connectivity index (χ4n) is 3.04. The summed E-state index contributed by atoms with van der Waals surface area (Å²) in [7, 11) is 0. The van der Waals surface area contributed by atoms with Crippen LogP contribution in [0.15, 0.2) is 24.3 Å². The molecule has 0 bridgehead atoms. The van der Waals surface area contributed by atoms with Crippen LogP contribution in [0.5, 0.6) is 0 Å². The monoisotopic (exact) mass is 499 g/mol. The van der Waals surface area contributed by atoms with E-state index in [1.165, 1.54) is 6.07 Å². The number of nitrogens with zero attached hydrogens (tertiary/aromatic N) is 2. The topological polar surface area (TPSA) is 119 Å². The summed E-state index contributed by atoms with van der Waals surface area (Å²) in [4.78, 5) is 34.5. The van der Waals surface area contributed by atoms with Gasteiger partial charge >= 0.3 is 5.97 Å². The molecule has 0 saturated heterocycles. The number of rotatable bonds is 21. The summed E-state index contributed by atoms with van der Waals surface area (Å²) < 4.78 is 21.5. The van der Waals surface area contributed by atoms with Crippen molar-refractivity contribution in [2.75, 3.05) is 52.7 Å². The molecular weight excluding hydrogens is 460 g/mol. The Morgan fingerprint density at radius 3 is 2.26 bits per heavy atom. The van der Waals surface area contributed by atoms with Crippen LogP contribution in [-0.2, 0) is 33.6 Å². The first-order chi connectivity index (χ1) is 17.0. The fraction of sp³-hybridized carbons (Fsp3) is 0.667. The van der Waals surface area contributed by atoms with Crippen molar-refractivity contribution in [3.05, 3.63) is 46.9 Å². The van der Waals surface area contributed by atoms with Crippen molar-refractivity contribution < 1.29 is 38.5 Å². The van der Waals surface area contributed by atoms with E-state index in [2.05, 4.69) is 6.92 Å². The molecule has 0 heterocycles. The first-order valence-corrected chi connectivity index (χ1v) is 12.0. The van der Waals surface area contributed by atoms with Gasteiger partial charge in [0.2, 0.25) is 0 Å². The second-order valence-electron chi connectivity index (χ2n) is 7.43. The van der Waals surface area contributed by atoms with Crippen LogP contribution in [0.3, 0.4) is 0 Å². The van der Waals surface area contributed by atoms with Crippen LogP contribution in [-0.4, -0.2) is 74.8 Å². The fourth-order valence-corrected chi connectivity index (χ4v) is 3.04. The molecule has 0 aromatic heterocycles. The quantitative estimate of drug-likeness (QED) is 0.0616. The van der Waals surface area contributed by atoms with Crippen LogP contribution in [0.4, 0.5) is 5.69 Å². The lowest BCUT2D eigenvalue weighted by molar-refractivity contribution is -0.445. The highest BCUT2D eigenvalue weighted by atomic mass is 17.3. The van der Waals surface area contributed by atoms with Crippen molar-refractivity contribution in [2.45, 2.75) is 52.2 Å². The van der Waals surface area contributed by atoms with Crippen molar-refractivity contribution in [2.24, 2.45) is 0 Å². The Hall–Kier alpha value is -2.15. The zero-order valence-corrected chi connectivity index (χ0v) is 21.0. The number of ether oxygens (including phenoxy) is 4. The van der Waals surface area contributed by atoms with Crippen molar-refractivity contribution in [3.63, 3.8) is 0 Å². The minimum Gasteiger partial charge on any atom is -0.457 e. The summed E-state index contributed by atoms with van der Waals surface area (Å²) in [5, 5.41) is 13.2. The van der Waals surface area contributed by atoms with Gasteiger partial charge in [0.05, 0.1) is 56.0 Å². The minimum absolute atomic E-state index is 0.00462. The number of nitro benzene ring substituents is 1. The van der Waals surface area contributed by atoms with E-state index >= 15 is 0 Å². The second kappa shape index (κ2) is 19.1. The van der Waals surface area contributed by atoms with Gasteiger partial charge in [0.15, 0.2) is 0 Å². The summed E-state index contributed by atoms with van der Waals surface area (Å²) in [5.74, 6) is -0.530. The van der Waals surface area contributed by atoms with Gasteiger partial charge in [0.1, 0.15) is 6.10 Å². The van der Waals surface area contributed by atoms with Crippen LogP contribution < -0.4 is 0 Å². The first-order valence-electron chi connectivity index (χ1n) is 12.0. The smallest absolute Gasteiger partial charge is 0.308 e. The molecule has 0 amide bonds. The molecule has 35 heavy (non-hydrogen) atoms. The first kappa shape index (κ1) is 30.9. The van der Waals surface area contributed by atoms with E-state index in [0.717, 1.165) is 0 Å². The Bertz CT molecular complexity index is 716. The van der Waals surface area contributed by atoms with Crippen molar-refractivity contribution in [1.82, 2.24) is 5.06 Å². The lowest BCUT2D eigenvalue weighted by Crippen LogP contribution is -2.28. The summed E-state index contributed by atoms with van der Waals surface area (Å²) in [6, 6.07) is 6.21. The van der Waals surface area contributed by atoms with E-state index in [1.54, 1.807) is 23.3 Å². The molecule has 2 atom stereocenters. The zero-order chi connectivity index (χ0) is 25.9. The van der Waals surface area contributed by atoms with Crippen LogP contribution >= 0.6 is 0 Å². The van der Waals surface area contributed by atoms with Crippen LogP contribution in [0.1, 0.15) is 51.7 Å². The average molecular weight is 500 g/mol. The van der Waals surface area contributed by atoms with Gasteiger partial charge in [-0.3, -0.25) is 14.9 Å². The third-order valence-electron chi connectivity index (χ3n) is 5.02. The molecule has 11 heteroatoms. The number of esters is 1. The number of hydrogen-bond acceptors (Lipinski definition) is 10. The molecule has 0 aliphatic rings. The third kappa shape index (κ3) is 12.9. The van der Waals surface area contributed by atoms with Crippen molar-refractivity contribution in [3.8, 4) is 0 Å². The standard InChI is InChI=1S/C24H39N2O9/c1-5-20(34-35-25(6-2)7-3)19-23(21-11-9-10-12-22(21)26(28)29)33-24(27)13-14-31-17-18-32-16-15-30-8-4/h9-12,20,23H,4-8,13-19H2,1-3H3/q-1. The van der Waals surface area contributed by atoms with Crippen LogP contribution in [0, 0.1) is 17.0 Å². The number of benzene rings is 1. The maximum absolute atomic E-state index is 12.5. The zero-order valence-electron chi connectivity index (χ0n) is 21.0. The molecule has 2 unspecified atom stereocenters. The molecule has 0 radical (unpaired) electrons. The van der Waals surface area contributed by atoms with E-state index in [9.17, 15) is 14.9 Å².